The molecule has 4 N–H and O–H groups in total. The number of nitrogen functional groups attached to an aromatic ring is 1. The number of anilines is 1. The molecule has 0 aliphatic heterocycles. The van der Waals surface area contributed by atoms with Crippen LogP contribution in [-0.2, 0) is 17.7 Å². The van der Waals surface area contributed by atoms with Crippen LogP contribution in [-0.4, -0.2) is 52.6 Å². The SMILES string of the molecule is CCCn1c(CCOC)nc2c(N)nc3cc(OCCCNC(=O)O)ccc3c21. The fraction of sp³-hybridized carbons (Fsp3) is 0.450. The van der Waals surface area contributed by atoms with Gasteiger partial charge in [0.2, 0.25) is 0 Å². The van der Waals surface area contributed by atoms with Crippen molar-refractivity contribution in [2.75, 3.05) is 32.6 Å². The van der Waals surface area contributed by atoms with Crippen molar-refractivity contribution < 1.29 is 19.4 Å². The molecule has 2 aromatic heterocycles. The summed E-state index contributed by atoms with van der Waals surface area (Å²) < 4.78 is 13.2. The highest BCUT2D eigenvalue weighted by Gasteiger charge is 2.17. The standard InChI is InChI=1S/C20H27N5O4/c1-3-9-25-16(7-11-28-2)24-17-18(25)14-6-5-13(12-15(14)23-19(17)21)29-10-4-8-22-20(26)27/h5-6,12,22H,3-4,7-11H2,1-2H3,(H2,21,23)(H,26,27). The van der Waals surface area contributed by atoms with Crippen LogP contribution in [0.3, 0.4) is 0 Å². The Morgan fingerprint density at radius 2 is 2.14 bits per heavy atom. The zero-order chi connectivity index (χ0) is 20.8. The fourth-order valence-corrected chi connectivity index (χ4v) is 3.33. The lowest BCUT2D eigenvalue weighted by Crippen LogP contribution is -2.23. The second-order valence-corrected chi connectivity index (χ2v) is 6.73. The molecular formula is C20H27N5O4. The Bertz CT molecular complexity index is 1000. The smallest absolute Gasteiger partial charge is 0.404 e. The lowest BCUT2D eigenvalue weighted by Gasteiger charge is -2.11. The van der Waals surface area contributed by atoms with E-state index in [1.807, 2.05) is 18.2 Å². The number of methoxy groups -OCH3 is 1. The summed E-state index contributed by atoms with van der Waals surface area (Å²) >= 11 is 0. The number of carboxylic acid groups (broad SMARTS) is 1. The van der Waals surface area contributed by atoms with Crippen LogP contribution < -0.4 is 15.8 Å². The molecule has 0 aliphatic rings. The van der Waals surface area contributed by atoms with Gasteiger partial charge < -0.3 is 30.2 Å². The number of benzene rings is 1. The van der Waals surface area contributed by atoms with Gasteiger partial charge in [-0.05, 0) is 25.0 Å². The number of hydrogen-bond donors (Lipinski definition) is 3. The molecule has 0 atom stereocenters. The van der Waals surface area contributed by atoms with Crippen molar-refractivity contribution in [1.29, 1.82) is 0 Å². The monoisotopic (exact) mass is 401 g/mol. The van der Waals surface area contributed by atoms with E-state index in [0.29, 0.717) is 49.7 Å². The Balaban J connectivity index is 1.92. The van der Waals surface area contributed by atoms with E-state index in [-0.39, 0.29) is 0 Å². The van der Waals surface area contributed by atoms with E-state index < -0.39 is 6.09 Å². The molecule has 1 amide bonds. The van der Waals surface area contributed by atoms with Crippen LogP contribution in [0.2, 0.25) is 0 Å². The van der Waals surface area contributed by atoms with Crippen LogP contribution in [0.5, 0.6) is 5.75 Å². The normalized spacial score (nSPS) is 11.2. The topological polar surface area (TPSA) is 125 Å². The number of pyridine rings is 1. The van der Waals surface area contributed by atoms with Gasteiger partial charge in [-0.25, -0.2) is 14.8 Å². The summed E-state index contributed by atoms with van der Waals surface area (Å²) in [4.78, 5) is 19.7. The van der Waals surface area contributed by atoms with Crippen molar-refractivity contribution >= 4 is 33.8 Å². The zero-order valence-corrected chi connectivity index (χ0v) is 16.8. The number of aromatic nitrogens is 3. The number of rotatable bonds is 10. The summed E-state index contributed by atoms with van der Waals surface area (Å²) in [5.74, 6) is 2.00. The predicted molar refractivity (Wildman–Crippen MR) is 111 cm³/mol. The quantitative estimate of drug-likeness (QED) is 0.446. The van der Waals surface area contributed by atoms with Gasteiger partial charge in [0.15, 0.2) is 5.82 Å². The molecule has 0 fully saturated rings. The Hall–Kier alpha value is -3.07. The third-order valence-corrected chi connectivity index (χ3v) is 4.60. The molecule has 0 saturated heterocycles. The van der Waals surface area contributed by atoms with E-state index in [4.69, 9.17) is 25.3 Å². The molecule has 29 heavy (non-hydrogen) atoms. The molecule has 0 radical (unpaired) electrons. The maximum atomic E-state index is 10.5. The van der Waals surface area contributed by atoms with Crippen molar-refractivity contribution in [2.24, 2.45) is 0 Å². The lowest BCUT2D eigenvalue weighted by molar-refractivity contribution is 0.193. The van der Waals surface area contributed by atoms with Gasteiger partial charge in [0.1, 0.15) is 17.1 Å². The van der Waals surface area contributed by atoms with Crippen LogP contribution in [0.1, 0.15) is 25.6 Å². The minimum absolute atomic E-state index is 0.342. The van der Waals surface area contributed by atoms with Crippen LogP contribution in [0.25, 0.3) is 21.9 Å². The van der Waals surface area contributed by atoms with Crippen LogP contribution >= 0.6 is 0 Å². The van der Waals surface area contributed by atoms with Gasteiger partial charge in [0.05, 0.1) is 24.2 Å². The number of nitrogens with zero attached hydrogens (tertiary/aromatic N) is 3. The molecule has 0 bridgehead atoms. The highest BCUT2D eigenvalue weighted by atomic mass is 16.5. The number of ether oxygens (including phenoxy) is 2. The van der Waals surface area contributed by atoms with Gasteiger partial charge >= 0.3 is 6.09 Å². The van der Waals surface area contributed by atoms with E-state index in [9.17, 15) is 4.79 Å². The lowest BCUT2D eigenvalue weighted by atomic mass is 10.1. The van der Waals surface area contributed by atoms with Crippen LogP contribution in [0.4, 0.5) is 10.6 Å². The van der Waals surface area contributed by atoms with E-state index in [2.05, 4.69) is 21.8 Å². The highest BCUT2D eigenvalue weighted by Crippen LogP contribution is 2.31. The molecule has 0 unspecified atom stereocenters. The summed E-state index contributed by atoms with van der Waals surface area (Å²) in [5.41, 5.74) is 8.66. The highest BCUT2D eigenvalue weighted by molar-refractivity contribution is 6.06. The van der Waals surface area contributed by atoms with Crippen LogP contribution in [0.15, 0.2) is 18.2 Å². The largest absolute Gasteiger partial charge is 0.493 e. The number of nitrogens with two attached hydrogens (primary N) is 1. The third-order valence-electron chi connectivity index (χ3n) is 4.60. The number of nitrogens with one attached hydrogen (secondary N) is 1. The zero-order valence-electron chi connectivity index (χ0n) is 16.8. The first kappa shape index (κ1) is 20.7. The Morgan fingerprint density at radius 1 is 1.31 bits per heavy atom. The van der Waals surface area contributed by atoms with E-state index in [1.165, 1.54) is 0 Å². The van der Waals surface area contributed by atoms with E-state index in [1.54, 1.807) is 7.11 Å². The van der Waals surface area contributed by atoms with E-state index in [0.717, 1.165) is 35.2 Å². The molecule has 3 rings (SSSR count). The molecule has 156 valence electrons. The number of hydrogen-bond acceptors (Lipinski definition) is 6. The third kappa shape index (κ3) is 4.68. The van der Waals surface area contributed by atoms with E-state index >= 15 is 0 Å². The Morgan fingerprint density at radius 3 is 2.86 bits per heavy atom. The summed E-state index contributed by atoms with van der Waals surface area (Å²) in [6.45, 7) is 4.30. The Kier molecular flexibility index (Phi) is 6.71. The molecule has 2 heterocycles. The first-order valence-electron chi connectivity index (χ1n) is 9.72. The molecule has 1 aromatic carbocycles. The number of imidazole rings is 1. The van der Waals surface area contributed by atoms with Gasteiger partial charge in [-0.3, -0.25) is 0 Å². The average molecular weight is 401 g/mol. The number of carbonyl (C=O) groups is 1. The fourth-order valence-electron chi connectivity index (χ4n) is 3.33. The van der Waals surface area contributed by atoms with Crippen molar-refractivity contribution in [3.63, 3.8) is 0 Å². The minimum Gasteiger partial charge on any atom is -0.493 e. The molecule has 0 saturated carbocycles. The van der Waals surface area contributed by atoms with Crippen molar-refractivity contribution in [2.45, 2.75) is 32.7 Å². The molecule has 0 aliphatic carbocycles. The molecule has 3 aromatic rings. The molecule has 9 heteroatoms. The number of amides is 1. The number of aryl methyl sites for hydroxylation is 1. The maximum absolute atomic E-state index is 10.5. The second-order valence-electron chi connectivity index (χ2n) is 6.73. The minimum atomic E-state index is -1.03. The van der Waals surface area contributed by atoms with Gasteiger partial charge in [-0.1, -0.05) is 6.92 Å². The maximum Gasteiger partial charge on any atom is 0.404 e. The second kappa shape index (κ2) is 9.42. The van der Waals surface area contributed by atoms with Gasteiger partial charge in [0.25, 0.3) is 0 Å². The summed E-state index contributed by atoms with van der Waals surface area (Å²) in [6, 6.07) is 5.72. The summed E-state index contributed by atoms with van der Waals surface area (Å²) in [7, 11) is 1.68. The van der Waals surface area contributed by atoms with Crippen molar-refractivity contribution in [3.8, 4) is 5.75 Å². The van der Waals surface area contributed by atoms with Crippen LogP contribution in [0, 0.1) is 0 Å². The number of fused-ring (bicyclic) bond motifs is 3. The first-order valence-corrected chi connectivity index (χ1v) is 9.72. The van der Waals surface area contributed by atoms with Gasteiger partial charge in [-0.15, -0.1) is 0 Å². The average Bonchev–Trinajstić information content (AvgIpc) is 3.05. The van der Waals surface area contributed by atoms with Crippen molar-refractivity contribution in [3.05, 3.63) is 24.0 Å². The molecule has 9 nitrogen and oxygen atoms in total. The van der Waals surface area contributed by atoms with Gasteiger partial charge in [0, 0.05) is 38.1 Å². The summed E-state index contributed by atoms with van der Waals surface area (Å²) in [5, 5.41) is 11.9. The van der Waals surface area contributed by atoms with Gasteiger partial charge in [-0.2, -0.15) is 0 Å². The molecule has 0 spiro atoms. The first-order chi connectivity index (χ1) is 14.0. The summed E-state index contributed by atoms with van der Waals surface area (Å²) in [6.07, 6.45) is 1.22. The Labute approximate surface area is 168 Å². The molecular weight excluding hydrogens is 374 g/mol. The predicted octanol–water partition coefficient (Wildman–Crippen LogP) is 2.80. The van der Waals surface area contributed by atoms with Crippen molar-refractivity contribution in [1.82, 2.24) is 19.9 Å².